The van der Waals surface area contributed by atoms with Crippen LogP contribution in [0, 0.1) is 13.8 Å². The maximum Gasteiger partial charge on any atom is 0.175 e. The fraction of sp³-hybridized carbons (Fsp3) is 0.133. The topological polar surface area (TPSA) is 50.1 Å². The van der Waals surface area contributed by atoms with Gasteiger partial charge in [0, 0.05) is 5.69 Å². The van der Waals surface area contributed by atoms with Crippen molar-refractivity contribution in [2.45, 2.75) is 13.8 Å². The SMILES string of the molecule is Cc1cccc(C)c1NC(=S)Nc1ccccc1N. The van der Waals surface area contributed by atoms with E-state index in [2.05, 4.69) is 36.6 Å². The van der Waals surface area contributed by atoms with Crippen LogP contribution in [0.5, 0.6) is 0 Å². The second-order valence-electron chi connectivity index (χ2n) is 4.43. The van der Waals surface area contributed by atoms with Crippen LogP contribution in [0.2, 0.25) is 0 Å². The molecule has 19 heavy (non-hydrogen) atoms. The van der Waals surface area contributed by atoms with E-state index in [-0.39, 0.29) is 0 Å². The number of anilines is 3. The summed E-state index contributed by atoms with van der Waals surface area (Å²) < 4.78 is 0. The van der Waals surface area contributed by atoms with Gasteiger partial charge in [-0.25, -0.2) is 0 Å². The summed E-state index contributed by atoms with van der Waals surface area (Å²) in [5, 5.41) is 6.86. The van der Waals surface area contributed by atoms with Gasteiger partial charge in [-0.3, -0.25) is 0 Å². The van der Waals surface area contributed by atoms with Crippen molar-refractivity contribution < 1.29 is 0 Å². The highest BCUT2D eigenvalue weighted by atomic mass is 32.1. The van der Waals surface area contributed by atoms with E-state index in [4.69, 9.17) is 18.0 Å². The van der Waals surface area contributed by atoms with Gasteiger partial charge in [-0.15, -0.1) is 0 Å². The van der Waals surface area contributed by atoms with Crippen molar-refractivity contribution in [2.75, 3.05) is 16.4 Å². The Labute approximate surface area is 118 Å². The molecule has 98 valence electrons. The summed E-state index contributed by atoms with van der Waals surface area (Å²) in [5.74, 6) is 0. The van der Waals surface area contributed by atoms with Crippen LogP contribution in [0.3, 0.4) is 0 Å². The second-order valence-corrected chi connectivity index (χ2v) is 4.84. The maximum atomic E-state index is 5.87. The van der Waals surface area contributed by atoms with E-state index in [0.29, 0.717) is 10.8 Å². The molecule has 0 aliphatic carbocycles. The number of nitrogen functional groups attached to an aromatic ring is 1. The van der Waals surface area contributed by atoms with Crippen LogP contribution in [0.4, 0.5) is 17.1 Å². The summed E-state index contributed by atoms with van der Waals surface area (Å²) in [7, 11) is 0. The Morgan fingerprint density at radius 3 is 2.21 bits per heavy atom. The molecule has 0 radical (unpaired) electrons. The van der Waals surface area contributed by atoms with Crippen molar-refractivity contribution in [1.82, 2.24) is 0 Å². The van der Waals surface area contributed by atoms with Gasteiger partial charge in [-0.2, -0.15) is 0 Å². The van der Waals surface area contributed by atoms with Gasteiger partial charge in [0.25, 0.3) is 0 Å². The lowest BCUT2D eigenvalue weighted by Crippen LogP contribution is -2.20. The van der Waals surface area contributed by atoms with E-state index in [1.165, 1.54) is 0 Å². The molecule has 2 aromatic carbocycles. The van der Waals surface area contributed by atoms with Crippen molar-refractivity contribution in [2.24, 2.45) is 0 Å². The number of rotatable bonds is 2. The largest absolute Gasteiger partial charge is 0.397 e. The van der Waals surface area contributed by atoms with E-state index in [0.717, 1.165) is 22.5 Å². The number of hydrogen-bond donors (Lipinski definition) is 3. The zero-order valence-corrected chi connectivity index (χ0v) is 11.8. The molecular formula is C15H17N3S. The molecule has 3 nitrogen and oxygen atoms in total. The first-order valence-corrected chi connectivity index (χ1v) is 6.47. The molecule has 2 rings (SSSR count). The highest BCUT2D eigenvalue weighted by Crippen LogP contribution is 2.21. The van der Waals surface area contributed by atoms with Gasteiger partial charge in [0.05, 0.1) is 11.4 Å². The normalized spacial score (nSPS) is 10.0. The van der Waals surface area contributed by atoms with Crippen molar-refractivity contribution in [3.63, 3.8) is 0 Å². The van der Waals surface area contributed by atoms with Crippen LogP contribution < -0.4 is 16.4 Å². The number of nitrogens with two attached hydrogens (primary N) is 1. The molecular weight excluding hydrogens is 254 g/mol. The molecule has 0 heterocycles. The molecule has 0 fully saturated rings. The van der Waals surface area contributed by atoms with Gasteiger partial charge in [0.1, 0.15) is 0 Å². The summed E-state index contributed by atoms with van der Waals surface area (Å²) in [4.78, 5) is 0. The Morgan fingerprint density at radius 2 is 1.58 bits per heavy atom. The smallest absolute Gasteiger partial charge is 0.175 e. The molecule has 0 saturated heterocycles. The maximum absolute atomic E-state index is 5.87. The zero-order chi connectivity index (χ0) is 13.8. The number of thiocarbonyl (C=S) groups is 1. The number of benzene rings is 2. The van der Waals surface area contributed by atoms with Crippen molar-refractivity contribution >= 4 is 34.4 Å². The van der Waals surface area contributed by atoms with Crippen LogP contribution in [-0.2, 0) is 0 Å². The molecule has 0 aromatic heterocycles. The molecule has 0 bridgehead atoms. The third kappa shape index (κ3) is 3.23. The summed E-state index contributed by atoms with van der Waals surface area (Å²) >= 11 is 5.32. The van der Waals surface area contributed by atoms with Gasteiger partial charge in [-0.1, -0.05) is 30.3 Å². The molecule has 0 saturated carbocycles. The number of nitrogens with one attached hydrogen (secondary N) is 2. The van der Waals surface area contributed by atoms with Gasteiger partial charge in [-0.05, 0) is 49.3 Å². The first-order valence-electron chi connectivity index (χ1n) is 6.06. The standard InChI is InChI=1S/C15H17N3S/c1-10-6-5-7-11(2)14(10)18-15(19)17-13-9-4-3-8-12(13)16/h3-9H,16H2,1-2H3,(H2,17,18,19). The Bertz CT molecular complexity index is 588. The fourth-order valence-electron chi connectivity index (χ4n) is 1.89. The molecule has 4 N–H and O–H groups in total. The minimum absolute atomic E-state index is 0.537. The summed E-state index contributed by atoms with van der Waals surface area (Å²) in [5.41, 5.74) is 10.7. The predicted molar refractivity (Wildman–Crippen MR) is 86.6 cm³/mol. The Hall–Kier alpha value is -2.07. The zero-order valence-electron chi connectivity index (χ0n) is 11.0. The Morgan fingerprint density at radius 1 is 0.947 bits per heavy atom. The van der Waals surface area contributed by atoms with E-state index in [1.807, 2.05) is 30.3 Å². The molecule has 0 aliphatic heterocycles. The van der Waals surface area contributed by atoms with Gasteiger partial charge < -0.3 is 16.4 Å². The lowest BCUT2D eigenvalue weighted by molar-refractivity contribution is 1.37. The number of hydrogen-bond acceptors (Lipinski definition) is 2. The van der Waals surface area contributed by atoms with Crippen molar-refractivity contribution in [3.05, 3.63) is 53.6 Å². The summed E-state index contributed by atoms with van der Waals surface area (Å²) in [6.07, 6.45) is 0. The number of aryl methyl sites for hydroxylation is 2. The predicted octanol–water partition coefficient (Wildman–Crippen LogP) is 3.69. The highest BCUT2D eigenvalue weighted by molar-refractivity contribution is 7.80. The van der Waals surface area contributed by atoms with Crippen LogP contribution >= 0.6 is 12.2 Å². The molecule has 0 aliphatic rings. The van der Waals surface area contributed by atoms with E-state index < -0.39 is 0 Å². The average Bonchev–Trinajstić information content (AvgIpc) is 2.37. The quantitative estimate of drug-likeness (QED) is 0.576. The fourth-order valence-corrected chi connectivity index (χ4v) is 2.10. The van der Waals surface area contributed by atoms with Crippen molar-refractivity contribution in [3.8, 4) is 0 Å². The molecule has 0 unspecified atom stereocenters. The lowest BCUT2D eigenvalue weighted by atomic mass is 10.1. The average molecular weight is 271 g/mol. The van der Waals surface area contributed by atoms with Crippen molar-refractivity contribution in [1.29, 1.82) is 0 Å². The molecule has 2 aromatic rings. The monoisotopic (exact) mass is 271 g/mol. The van der Waals surface area contributed by atoms with E-state index >= 15 is 0 Å². The summed E-state index contributed by atoms with van der Waals surface area (Å²) in [6, 6.07) is 13.7. The van der Waals surface area contributed by atoms with Crippen LogP contribution in [-0.4, -0.2) is 5.11 Å². The van der Waals surface area contributed by atoms with Gasteiger partial charge in [0.15, 0.2) is 5.11 Å². The third-order valence-electron chi connectivity index (χ3n) is 2.93. The second kappa shape index (κ2) is 5.71. The van der Waals surface area contributed by atoms with Gasteiger partial charge >= 0.3 is 0 Å². The molecule has 0 spiro atoms. The van der Waals surface area contributed by atoms with E-state index in [9.17, 15) is 0 Å². The first-order chi connectivity index (χ1) is 9.08. The van der Waals surface area contributed by atoms with Gasteiger partial charge in [0.2, 0.25) is 0 Å². The van der Waals surface area contributed by atoms with Crippen LogP contribution in [0.1, 0.15) is 11.1 Å². The van der Waals surface area contributed by atoms with Crippen LogP contribution in [0.15, 0.2) is 42.5 Å². The lowest BCUT2D eigenvalue weighted by Gasteiger charge is -2.15. The highest BCUT2D eigenvalue weighted by Gasteiger charge is 2.05. The van der Waals surface area contributed by atoms with E-state index in [1.54, 1.807) is 0 Å². The Balaban J connectivity index is 2.12. The molecule has 4 heteroatoms. The molecule has 0 amide bonds. The first kappa shape index (κ1) is 13.4. The Kier molecular flexibility index (Phi) is 4.02. The minimum atomic E-state index is 0.537. The summed E-state index contributed by atoms with van der Waals surface area (Å²) in [6.45, 7) is 4.10. The third-order valence-corrected chi connectivity index (χ3v) is 3.13. The van der Waals surface area contributed by atoms with Crippen LogP contribution in [0.25, 0.3) is 0 Å². The minimum Gasteiger partial charge on any atom is -0.397 e. The number of para-hydroxylation sites is 3. The molecule has 0 atom stereocenters.